The Morgan fingerprint density at radius 3 is 2.59 bits per heavy atom. The first-order chi connectivity index (χ1) is 10.6. The van der Waals surface area contributed by atoms with Crippen LogP contribution < -0.4 is 10.6 Å². The van der Waals surface area contributed by atoms with Crippen LogP contribution in [0, 0.1) is 6.92 Å². The summed E-state index contributed by atoms with van der Waals surface area (Å²) in [5, 5.41) is 6.48. The lowest BCUT2D eigenvalue weighted by Crippen LogP contribution is -2.19. The Bertz CT molecular complexity index is 671. The first-order valence-electron chi connectivity index (χ1n) is 6.86. The number of aryl methyl sites for hydroxylation is 1. The molecule has 1 aromatic heterocycles. The Balaban J connectivity index is 1.95. The standard InChI is InChI=1S/C16H17N3O2S/c1-3-21-15(20)12-4-6-13(7-5-12)18-16(22)19-14-10-11(2)8-9-17-14/h4-10H,3H2,1-2H3,(H2,17,18,19,22). The zero-order valence-electron chi connectivity index (χ0n) is 12.4. The van der Waals surface area contributed by atoms with Crippen molar-refractivity contribution in [1.29, 1.82) is 0 Å². The van der Waals surface area contributed by atoms with Gasteiger partial charge in [0.1, 0.15) is 5.82 Å². The minimum atomic E-state index is -0.335. The molecule has 0 bridgehead atoms. The van der Waals surface area contributed by atoms with Gasteiger partial charge in [-0.15, -0.1) is 0 Å². The number of hydrogen-bond donors (Lipinski definition) is 2. The zero-order chi connectivity index (χ0) is 15.9. The summed E-state index contributed by atoms with van der Waals surface area (Å²) in [7, 11) is 0. The third kappa shape index (κ3) is 4.53. The van der Waals surface area contributed by atoms with Crippen LogP contribution in [0.3, 0.4) is 0 Å². The molecule has 0 saturated heterocycles. The summed E-state index contributed by atoms with van der Waals surface area (Å²) in [4.78, 5) is 15.7. The third-order valence-electron chi connectivity index (χ3n) is 2.81. The van der Waals surface area contributed by atoms with Gasteiger partial charge < -0.3 is 15.4 Å². The summed E-state index contributed by atoms with van der Waals surface area (Å²) in [6.07, 6.45) is 1.72. The Labute approximate surface area is 134 Å². The molecule has 1 aromatic carbocycles. The van der Waals surface area contributed by atoms with E-state index in [1.807, 2.05) is 19.1 Å². The molecule has 0 aliphatic rings. The largest absolute Gasteiger partial charge is 0.462 e. The quantitative estimate of drug-likeness (QED) is 0.666. The lowest BCUT2D eigenvalue weighted by atomic mass is 10.2. The molecule has 5 nitrogen and oxygen atoms in total. The molecule has 6 heteroatoms. The van der Waals surface area contributed by atoms with Crippen molar-refractivity contribution >= 4 is 34.8 Å². The topological polar surface area (TPSA) is 63.2 Å². The molecular formula is C16H17N3O2S. The van der Waals surface area contributed by atoms with Crippen LogP contribution in [-0.4, -0.2) is 22.7 Å². The molecule has 2 N–H and O–H groups in total. The smallest absolute Gasteiger partial charge is 0.338 e. The lowest BCUT2D eigenvalue weighted by Gasteiger charge is -2.10. The van der Waals surface area contributed by atoms with E-state index in [0.717, 1.165) is 11.3 Å². The molecule has 0 aliphatic heterocycles. The molecule has 2 rings (SSSR count). The van der Waals surface area contributed by atoms with E-state index in [4.69, 9.17) is 17.0 Å². The van der Waals surface area contributed by atoms with Crippen LogP contribution in [0.4, 0.5) is 11.5 Å². The van der Waals surface area contributed by atoms with E-state index in [0.29, 0.717) is 23.1 Å². The second-order valence-electron chi connectivity index (χ2n) is 4.60. The van der Waals surface area contributed by atoms with Crippen molar-refractivity contribution < 1.29 is 9.53 Å². The van der Waals surface area contributed by atoms with E-state index < -0.39 is 0 Å². The Hall–Kier alpha value is -2.47. The molecule has 2 aromatic rings. The number of carbonyl (C=O) groups excluding carboxylic acids is 1. The number of ether oxygens (including phenoxy) is 1. The fourth-order valence-corrected chi connectivity index (χ4v) is 2.01. The number of aromatic nitrogens is 1. The number of benzene rings is 1. The molecule has 0 atom stereocenters. The van der Waals surface area contributed by atoms with Gasteiger partial charge in [0.25, 0.3) is 0 Å². The number of nitrogens with zero attached hydrogens (tertiary/aromatic N) is 1. The van der Waals surface area contributed by atoms with Gasteiger partial charge in [0, 0.05) is 11.9 Å². The first kappa shape index (κ1) is 15.9. The highest BCUT2D eigenvalue weighted by Gasteiger charge is 2.06. The summed E-state index contributed by atoms with van der Waals surface area (Å²) >= 11 is 5.23. The zero-order valence-corrected chi connectivity index (χ0v) is 13.2. The van der Waals surface area contributed by atoms with Gasteiger partial charge in [-0.05, 0) is 68.0 Å². The van der Waals surface area contributed by atoms with E-state index >= 15 is 0 Å². The van der Waals surface area contributed by atoms with Gasteiger partial charge in [-0.1, -0.05) is 0 Å². The van der Waals surface area contributed by atoms with E-state index in [9.17, 15) is 4.79 Å². The Kier molecular flexibility index (Phi) is 5.43. The van der Waals surface area contributed by atoms with Crippen LogP contribution in [0.2, 0.25) is 0 Å². The third-order valence-corrected chi connectivity index (χ3v) is 3.02. The van der Waals surface area contributed by atoms with Gasteiger partial charge in [0.2, 0.25) is 0 Å². The van der Waals surface area contributed by atoms with Gasteiger partial charge >= 0.3 is 5.97 Å². The molecule has 0 saturated carbocycles. The molecular weight excluding hydrogens is 298 g/mol. The maximum Gasteiger partial charge on any atom is 0.338 e. The van der Waals surface area contributed by atoms with E-state index in [1.54, 1.807) is 37.4 Å². The van der Waals surface area contributed by atoms with Crippen LogP contribution in [0.25, 0.3) is 0 Å². The minimum absolute atomic E-state index is 0.335. The summed E-state index contributed by atoms with van der Waals surface area (Å²) in [6, 6.07) is 10.7. The maximum absolute atomic E-state index is 11.6. The Morgan fingerprint density at radius 2 is 1.95 bits per heavy atom. The number of thiocarbonyl (C=S) groups is 1. The van der Waals surface area contributed by atoms with E-state index in [2.05, 4.69) is 15.6 Å². The highest BCUT2D eigenvalue weighted by molar-refractivity contribution is 7.80. The van der Waals surface area contributed by atoms with Gasteiger partial charge in [-0.2, -0.15) is 0 Å². The van der Waals surface area contributed by atoms with Crippen molar-refractivity contribution in [1.82, 2.24) is 4.98 Å². The molecule has 0 fully saturated rings. The van der Waals surface area contributed by atoms with Crippen molar-refractivity contribution in [3.8, 4) is 0 Å². The summed E-state index contributed by atoms with van der Waals surface area (Å²) in [5.41, 5.74) is 2.38. The van der Waals surface area contributed by atoms with Gasteiger partial charge in [-0.3, -0.25) is 0 Å². The van der Waals surface area contributed by atoms with Crippen molar-refractivity contribution in [3.63, 3.8) is 0 Å². The molecule has 1 heterocycles. The van der Waals surface area contributed by atoms with Gasteiger partial charge in [0.05, 0.1) is 12.2 Å². The van der Waals surface area contributed by atoms with Crippen LogP contribution in [-0.2, 0) is 4.74 Å². The summed E-state index contributed by atoms with van der Waals surface area (Å²) in [6.45, 7) is 4.12. The van der Waals surface area contributed by atoms with Crippen LogP contribution >= 0.6 is 12.2 Å². The lowest BCUT2D eigenvalue weighted by molar-refractivity contribution is 0.0526. The first-order valence-corrected chi connectivity index (χ1v) is 7.27. The normalized spacial score (nSPS) is 9.91. The number of nitrogens with one attached hydrogen (secondary N) is 2. The fourth-order valence-electron chi connectivity index (χ4n) is 1.79. The SMILES string of the molecule is CCOC(=O)c1ccc(NC(=S)Nc2cc(C)ccn2)cc1. The van der Waals surface area contributed by atoms with Crippen LogP contribution in [0.15, 0.2) is 42.6 Å². The predicted molar refractivity (Wildman–Crippen MR) is 91.2 cm³/mol. The van der Waals surface area contributed by atoms with Crippen molar-refractivity contribution in [2.24, 2.45) is 0 Å². The number of esters is 1. The highest BCUT2D eigenvalue weighted by Crippen LogP contribution is 2.12. The molecule has 0 aliphatic carbocycles. The number of pyridine rings is 1. The molecule has 0 radical (unpaired) electrons. The van der Waals surface area contributed by atoms with Crippen LogP contribution in [0.1, 0.15) is 22.8 Å². The second kappa shape index (κ2) is 7.51. The summed E-state index contributed by atoms with van der Waals surface area (Å²) < 4.78 is 4.93. The monoisotopic (exact) mass is 315 g/mol. The van der Waals surface area contributed by atoms with E-state index in [-0.39, 0.29) is 5.97 Å². The van der Waals surface area contributed by atoms with Crippen molar-refractivity contribution in [2.45, 2.75) is 13.8 Å². The number of anilines is 2. The minimum Gasteiger partial charge on any atom is -0.462 e. The van der Waals surface area contributed by atoms with Gasteiger partial charge in [0.15, 0.2) is 5.11 Å². The molecule has 0 unspecified atom stereocenters. The predicted octanol–water partition coefficient (Wildman–Crippen LogP) is 3.38. The second-order valence-corrected chi connectivity index (χ2v) is 5.00. The fraction of sp³-hybridized carbons (Fsp3) is 0.188. The van der Waals surface area contributed by atoms with E-state index in [1.165, 1.54) is 0 Å². The number of rotatable bonds is 4. The Morgan fingerprint density at radius 1 is 1.23 bits per heavy atom. The maximum atomic E-state index is 11.6. The molecule has 0 spiro atoms. The number of carbonyl (C=O) groups is 1. The molecule has 114 valence electrons. The van der Waals surface area contributed by atoms with Gasteiger partial charge in [-0.25, -0.2) is 9.78 Å². The molecule has 0 amide bonds. The average molecular weight is 315 g/mol. The molecule has 22 heavy (non-hydrogen) atoms. The highest BCUT2D eigenvalue weighted by atomic mass is 32.1. The summed E-state index contributed by atoms with van der Waals surface area (Å²) in [5.74, 6) is 0.347. The van der Waals surface area contributed by atoms with Crippen molar-refractivity contribution in [2.75, 3.05) is 17.2 Å². The van der Waals surface area contributed by atoms with Crippen LogP contribution in [0.5, 0.6) is 0 Å². The number of hydrogen-bond acceptors (Lipinski definition) is 4. The van der Waals surface area contributed by atoms with Crippen molar-refractivity contribution in [3.05, 3.63) is 53.7 Å². The average Bonchev–Trinajstić information content (AvgIpc) is 2.48.